The van der Waals surface area contributed by atoms with E-state index in [2.05, 4.69) is 35.9 Å². The van der Waals surface area contributed by atoms with Gasteiger partial charge in [-0.05, 0) is 68.8 Å². The van der Waals surface area contributed by atoms with Gasteiger partial charge in [0.15, 0.2) is 0 Å². The zero-order chi connectivity index (χ0) is 18.6. The van der Waals surface area contributed by atoms with Gasteiger partial charge in [-0.2, -0.15) is 0 Å². The molecule has 2 aromatic carbocycles. The van der Waals surface area contributed by atoms with Crippen LogP contribution in [-0.2, 0) is 16.4 Å². The van der Waals surface area contributed by atoms with Crippen LogP contribution in [0.1, 0.15) is 35.2 Å². The molecule has 0 amide bonds. The molecule has 5 heteroatoms. The standard InChI is InChI=1S/C20H28N2O2S/c1-6-17-8-10-18(11-9-17)20(22(4)5)14-21-25(23,24)19-12-7-15(2)16(3)13-19/h7-13,20-21H,6,14H2,1-5H3/t20-/m1/s1. The molecule has 1 N–H and O–H groups in total. The first-order valence-corrected chi connectivity index (χ1v) is 10.0. The number of aryl methyl sites for hydroxylation is 3. The fourth-order valence-corrected chi connectivity index (χ4v) is 3.85. The molecule has 25 heavy (non-hydrogen) atoms. The van der Waals surface area contributed by atoms with Crippen molar-refractivity contribution in [3.05, 3.63) is 64.7 Å². The van der Waals surface area contributed by atoms with E-state index in [1.165, 1.54) is 5.56 Å². The Morgan fingerprint density at radius 2 is 1.64 bits per heavy atom. The van der Waals surface area contributed by atoms with Gasteiger partial charge < -0.3 is 4.90 Å². The van der Waals surface area contributed by atoms with Gasteiger partial charge in [0.05, 0.1) is 4.90 Å². The van der Waals surface area contributed by atoms with Gasteiger partial charge in [0, 0.05) is 12.6 Å². The summed E-state index contributed by atoms with van der Waals surface area (Å²) in [6.45, 7) is 6.34. The van der Waals surface area contributed by atoms with Gasteiger partial charge >= 0.3 is 0 Å². The molecular formula is C20H28N2O2S. The van der Waals surface area contributed by atoms with Crippen molar-refractivity contribution in [3.8, 4) is 0 Å². The largest absolute Gasteiger partial charge is 0.301 e. The molecule has 0 aromatic heterocycles. The van der Waals surface area contributed by atoms with Crippen molar-refractivity contribution in [2.75, 3.05) is 20.6 Å². The molecule has 4 nitrogen and oxygen atoms in total. The molecule has 0 saturated carbocycles. The van der Waals surface area contributed by atoms with Crippen molar-refractivity contribution in [2.24, 2.45) is 0 Å². The van der Waals surface area contributed by atoms with Crippen LogP contribution in [-0.4, -0.2) is 34.0 Å². The summed E-state index contributed by atoms with van der Waals surface area (Å²) in [4.78, 5) is 2.35. The average molecular weight is 361 g/mol. The van der Waals surface area contributed by atoms with E-state index in [9.17, 15) is 8.42 Å². The summed E-state index contributed by atoms with van der Waals surface area (Å²) in [5, 5.41) is 0. The molecule has 0 bridgehead atoms. The highest BCUT2D eigenvalue weighted by atomic mass is 32.2. The Morgan fingerprint density at radius 1 is 1.00 bits per heavy atom. The van der Waals surface area contributed by atoms with Crippen LogP contribution in [0.3, 0.4) is 0 Å². The van der Waals surface area contributed by atoms with Gasteiger partial charge in [-0.25, -0.2) is 13.1 Å². The Balaban J connectivity index is 2.18. The van der Waals surface area contributed by atoms with Gasteiger partial charge in [-0.3, -0.25) is 0 Å². The van der Waals surface area contributed by atoms with E-state index in [0.29, 0.717) is 11.4 Å². The number of hydrogen-bond donors (Lipinski definition) is 1. The Morgan fingerprint density at radius 3 is 2.16 bits per heavy atom. The highest BCUT2D eigenvalue weighted by Crippen LogP contribution is 2.20. The minimum atomic E-state index is -3.53. The van der Waals surface area contributed by atoms with Crippen LogP contribution < -0.4 is 4.72 Å². The Kier molecular flexibility index (Phi) is 6.38. The first-order valence-electron chi connectivity index (χ1n) is 8.56. The second kappa shape index (κ2) is 8.13. The van der Waals surface area contributed by atoms with Gasteiger partial charge in [0.25, 0.3) is 0 Å². The number of sulfonamides is 1. The van der Waals surface area contributed by atoms with E-state index >= 15 is 0 Å². The predicted octanol–water partition coefficient (Wildman–Crippen LogP) is 3.45. The van der Waals surface area contributed by atoms with E-state index in [1.807, 2.05) is 38.9 Å². The van der Waals surface area contributed by atoms with Crippen molar-refractivity contribution in [1.82, 2.24) is 9.62 Å². The predicted molar refractivity (Wildman–Crippen MR) is 103 cm³/mol. The molecule has 0 aliphatic carbocycles. The Hall–Kier alpha value is -1.69. The molecule has 0 unspecified atom stereocenters. The van der Waals surface area contributed by atoms with E-state index < -0.39 is 10.0 Å². The molecule has 0 aliphatic rings. The van der Waals surface area contributed by atoms with Crippen LogP contribution in [0.2, 0.25) is 0 Å². The van der Waals surface area contributed by atoms with Crippen LogP contribution in [0.5, 0.6) is 0 Å². The minimum absolute atomic E-state index is 0.0211. The third kappa shape index (κ3) is 4.91. The van der Waals surface area contributed by atoms with Crippen LogP contribution in [0.4, 0.5) is 0 Å². The molecule has 2 aromatic rings. The SMILES string of the molecule is CCc1ccc([C@@H](CNS(=O)(=O)c2ccc(C)c(C)c2)N(C)C)cc1. The number of likely N-dealkylation sites (N-methyl/N-ethyl adjacent to an activating group) is 1. The topological polar surface area (TPSA) is 49.4 Å². The number of hydrogen-bond acceptors (Lipinski definition) is 3. The quantitative estimate of drug-likeness (QED) is 0.823. The Bertz CT molecular complexity index is 812. The number of benzene rings is 2. The molecule has 1 atom stereocenters. The molecule has 0 radical (unpaired) electrons. The summed E-state index contributed by atoms with van der Waals surface area (Å²) < 4.78 is 28.0. The van der Waals surface area contributed by atoms with E-state index in [1.54, 1.807) is 12.1 Å². The van der Waals surface area contributed by atoms with Crippen molar-refractivity contribution < 1.29 is 8.42 Å². The maximum absolute atomic E-state index is 12.6. The van der Waals surface area contributed by atoms with Crippen molar-refractivity contribution >= 4 is 10.0 Å². The van der Waals surface area contributed by atoms with Gasteiger partial charge in [0.1, 0.15) is 0 Å². The fraction of sp³-hybridized carbons (Fsp3) is 0.400. The van der Waals surface area contributed by atoms with E-state index in [-0.39, 0.29) is 6.04 Å². The smallest absolute Gasteiger partial charge is 0.240 e. The van der Waals surface area contributed by atoms with Gasteiger partial charge in [-0.15, -0.1) is 0 Å². The molecule has 0 fully saturated rings. The number of nitrogens with zero attached hydrogens (tertiary/aromatic N) is 1. The summed E-state index contributed by atoms with van der Waals surface area (Å²) in [5.41, 5.74) is 4.44. The van der Waals surface area contributed by atoms with Crippen LogP contribution in [0.25, 0.3) is 0 Å². The summed E-state index contributed by atoms with van der Waals surface area (Å²) in [6.07, 6.45) is 0.992. The summed E-state index contributed by atoms with van der Waals surface area (Å²) >= 11 is 0. The average Bonchev–Trinajstić information content (AvgIpc) is 2.57. The molecule has 0 heterocycles. The third-order valence-corrected chi connectivity index (χ3v) is 6.07. The minimum Gasteiger partial charge on any atom is -0.301 e. The first-order chi connectivity index (χ1) is 11.7. The highest BCUT2D eigenvalue weighted by Gasteiger charge is 2.20. The summed E-state index contributed by atoms with van der Waals surface area (Å²) in [6, 6.07) is 13.6. The van der Waals surface area contributed by atoms with Crippen LogP contribution >= 0.6 is 0 Å². The van der Waals surface area contributed by atoms with Crippen LogP contribution in [0.15, 0.2) is 47.4 Å². The lowest BCUT2D eigenvalue weighted by molar-refractivity contribution is 0.299. The van der Waals surface area contributed by atoms with Crippen LogP contribution in [0, 0.1) is 13.8 Å². The fourth-order valence-electron chi connectivity index (χ4n) is 2.73. The normalized spacial score (nSPS) is 13.2. The lowest BCUT2D eigenvalue weighted by atomic mass is 10.0. The highest BCUT2D eigenvalue weighted by molar-refractivity contribution is 7.89. The van der Waals surface area contributed by atoms with E-state index in [4.69, 9.17) is 0 Å². The summed E-state index contributed by atoms with van der Waals surface area (Å²) in [7, 11) is 0.396. The van der Waals surface area contributed by atoms with Gasteiger partial charge in [-0.1, -0.05) is 37.3 Å². The van der Waals surface area contributed by atoms with Gasteiger partial charge in [0.2, 0.25) is 10.0 Å². The number of rotatable bonds is 7. The summed E-state index contributed by atoms with van der Waals surface area (Å²) in [5.74, 6) is 0. The zero-order valence-corrected chi connectivity index (χ0v) is 16.5. The molecular weight excluding hydrogens is 332 g/mol. The molecule has 0 aliphatic heterocycles. The molecule has 2 rings (SSSR count). The number of nitrogens with one attached hydrogen (secondary N) is 1. The first kappa shape index (κ1) is 19.6. The second-order valence-corrected chi connectivity index (χ2v) is 8.44. The van der Waals surface area contributed by atoms with Crippen molar-refractivity contribution in [1.29, 1.82) is 0 Å². The monoisotopic (exact) mass is 360 g/mol. The second-order valence-electron chi connectivity index (χ2n) is 6.67. The molecule has 136 valence electrons. The van der Waals surface area contributed by atoms with Crippen molar-refractivity contribution in [2.45, 2.75) is 38.1 Å². The van der Waals surface area contributed by atoms with Crippen molar-refractivity contribution in [3.63, 3.8) is 0 Å². The lowest BCUT2D eigenvalue weighted by Crippen LogP contribution is -2.34. The maximum Gasteiger partial charge on any atom is 0.240 e. The van der Waals surface area contributed by atoms with E-state index in [0.717, 1.165) is 23.1 Å². The molecule has 0 spiro atoms. The zero-order valence-electron chi connectivity index (χ0n) is 15.7. The third-order valence-electron chi connectivity index (χ3n) is 4.65. The maximum atomic E-state index is 12.6. The lowest BCUT2D eigenvalue weighted by Gasteiger charge is -2.25. The Labute approximate surface area is 151 Å². The molecule has 0 saturated heterocycles.